The van der Waals surface area contributed by atoms with Crippen LogP contribution in [0.5, 0.6) is 5.75 Å². The first-order valence-electron chi connectivity index (χ1n) is 6.42. The summed E-state index contributed by atoms with van der Waals surface area (Å²) in [5, 5.41) is 8.55. The summed E-state index contributed by atoms with van der Waals surface area (Å²) < 4.78 is 7.24. The van der Waals surface area contributed by atoms with Crippen molar-refractivity contribution in [2.45, 2.75) is 37.6 Å². The maximum Gasteiger partial charge on any atom is 0.164 e. The van der Waals surface area contributed by atoms with E-state index in [-0.39, 0.29) is 0 Å². The number of pyridine rings is 1. The van der Waals surface area contributed by atoms with E-state index in [9.17, 15) is 0 Å². The topological polar surface area (TPSA) is 65.4 Å². The zero-order chi connectivity index (χ0) is 12.5. The summed E-state index contributed by atoms with van der Waals surface area (Å²) in [5.74, 6) is 2.27. The lowest BCUT2D eigenvalue weighted by molar-refractivity contribution is 0.380. The number of nitrogens with zero attached hydrogens (tertiary/aromatic N) is 3. The van der Waals surface area contributed by atoms with Gasteiger partial charge < -0.3 is 10.5 Å². The van der Waals surface area contributed by atoms with Gasteiger partial charge in [-0.15, -0.1) is 10.2 Å². The van der Waals surface area contributed by atoms with Crippen molar-refractivity contribution in [1.82, 2.24) is 14.6 Å². The normalized spacial score (nSPS) is 24.3. The molecule has 1 fully saturated rings. The minimum Gasteiger partial charge on any atom is -0.497 e. The number of nitrogens with two attached hydrogens (primary N) is 1. The van der Waals surface area contributed by atoms with Crippen molar-refractivity contribution >= 4 is 5.65 Å². The summed E-state index contributed by atoms with van der Waals surface area (Å²) >= 11 is 0. The molecule has 2 aromatic rings. The van der Waals surface area contributed by atoms with Crippen LogP contribution in [0.1, 0.15) is 37.4 Å². The highest BCUT2D eigenvalue weighted by atomic mass is 16.5. The summed E-state index contributed by atoms with van der Waals surface area (Å²) in [7, 11) is 1.66. The molecule has 3 rings (SSSR count). The van der Waals surface area contributed by atoms with Crippen LogP contribution in [0.25, 0.3) is 5.65 Å². The van der Waals surface area contributed by atoms with Crippen molar-refractivity contribution in [1.29, 1.82) is 0 Å². The van der Waals surface area contributed by atoms with Gasteiger partial charge in [0.2, 0.25) is 0 Å². The number of aromatic nitrogens is 3. The molecule has 1 saturated carbocycles. The molecular weight excluding hydrogens is 228 g/mol. The molecule has 2 atom stereocenters. The fourth-order valence-corrected chi connectivity index (χ4v) is 2.76. The molecule has 18 heavy (non-hydrogen) atoms. The van der Waals surface area contributed by atoms with Crippen molar-refractivity contribution in [2.75, 3.05) is 7.11 Å². The molecule has 2 heterocycles. The van der Waals surface area contributed by atoms with E-state index in [0.29, 0.717) is 12.0 Å². The molecule has 2 N–H and O–H groups in total. The van der Waals surface area contributed by atoms with Crippen LogP contribution in [0.2, 0.25) is 0 Å². The monoisotopic (exact) mass is 246 g/mol. The number of rotatable bonds is 2. The van der Waals surface area contributed by atoms with Crippen LogP contribution < -0.4 is 10.5 Å². The van der Waals surface area contributed by atoms with Gasteiger partial charge in [-0.3, -0.25) is 4.40 Å². The van der Waals surface area contributed by atoms with Crippen LogP contribution in [-0.2, 0) is 0 Å². The molecule has 0 radical (unpaired) electrons. The summed E-state index contributed by atoms with van der Waals surface area (Å²) in [6.45, 7) is 0. The smallest absolute Gasteiger partial charge is 0.164 e. The van der Waals surface area contributed by atoms with Gasteiger partial charge in [0, 0.05) is 24.2 Å². The van der Waals surface area contributed by atoms with E-state index < -0.39 is 0 Å². The van der Waals surface area contributed by atoms with Crippen LogP contribution in [0.15, 0.2) is 18.3 Å². The quantitative estimate of drug-likeness (QED) is 0.876. The van der Waals surface area contributed by atoms with Crippen LogP contribution in [0.4, 0.5) is 0 Å². The second kappa shape index (κ2) is 4.57. The van der Waals surface area contributed by atoms with Crippen molar-refractivity contribution < 1.29 is 4.74 Å². The van der Waals surface area contributed by atoms with Gasteiger partial charge in [0.05, 0.1) is 7.11 Å². The lowest BCUT2D eigenvalue weighted by Crippen LogP contribution is -2.27. The van der Waals surface area contributed by atoms with Crippen molar-refractivity contribution in [3.05, 3.63) is 24.2 Å². The van der Waals surface area contributed by atoms with E-state index in [1.54, 1.807) is 7.11 Å². The Labute approximate surface area is 106 Å². The van der Waals surface area contributed by atoms with E-state index in [2.05, 4.69) is 10.2 Å². The highest BCUT2D eigenvalue weighted by molar-refractivity contribution is 5.44. The SMILES string of the molecule is COc1ccn2c([C@H]3CCC[C@@H](N)C3)nnc2c1. The maximum absolute atomic E-state index is 6.04. The molecule has 1 aliphatic carbocycles. The Morgan fingerprint density at radius 2 is 2.28 bits per heavy atom. The first-order valence-corrected chi connectivity index (χ1v) is 6.42. The minimum atomic E-state index is 0.300. The molecule has 2 aromatic heterocycles. The predicted molar refractivity (Wildman–Crippen MR) is 68.7 cm³/mol. The van der Waals surface area contributed by atoms with Gasteiger partial charge in [-0.2, -0.15) is 0 Å². The second-order valence-corrected chi connectivity index (χ2v) is 4.98. The summed E-state index contributed by atoms with van der Waals surface area (Å²) in [5.41, 5.74) is 6.88. The molecule has 5 nitrogen and oxygen atoms in total. The third kappa shape index (κ3) is 1.95. The van der Waals surface area contributed by atoms with Gasteiger partial charge in [-0.05, 0) is 25.3 Å². The van der Waals surface area contributed by atoms with Crippen LogP contribution in [0.3, 0.4) is 0 Å². The number of fused-ring (bicyclic) bond motifs is 1. The first-order chi connectivity index (χ1) is 8.78. The molecule has 5 heteroatoms. The molecule has 0 unspecified atom stereocenters. The van der Waals surface area contributed by atoms with E-state index in [4.69, 9.17) is 10.5 Å². The molecule has 0 amide bonds. The fourth-order valence-electron chi connectivity index (χ4n) is 2.76. The van der Waals surface area contributed by atoms with Gasteiger partial charge in [0.25, 0.3) is 0 Å². The highest BCUT2D eigenvalue weighted by Gasteiger charge is 2.24. The van der Waals surface area contributed by atoms with Gasteiger partial charge in [0.15, 0.2) is 5.65 Å². The van der Waals surface area contributed by atoms with Crippen molar-refractivity contribution in [2.24, 2.45) is 5.73 Å². The Hall–Kier alpha value is -1.62. The molecule has 0 bridgehead atoms. The molecule has 0 aromatic carbocycles. The Kier molecular flexibility index (Phi) is 2.91. The number of ether oxygens (including phenoxy) is 1. The lowest BCUT2D eigenvalue weighted by Gasteiger charge is -2.25. The number of methoxy groups -OCH3 is 1. The lowest BCUT2D eigenvalue weighted by atomic mass is 9.85. The van der Waals surface area contributed by atoms with Gasteiger partial charge >= 0.3 is 0 Å². The molecule has 1 aliphatic rings. The van der Waals surface area contributed by atoms with Crippen LogP contribution in [-0.4, -0.2) is 27.7 Å². The number of hydrogen-bond donors (Lipinski definition) is 1. The molecule has 0 aliphatic heterocycles. The average Bonchev–Trinajstić information content (AvgIpc) is 2.81. The van der Waals surface area contributed by atoms with Crippen molar-refractivity contribution in [3.8, 4) is 5.75 Å². The van der Waals surface area contributed by atoms with Crippen LogP contribution in [0, 0.1) is 0 Å². The Bertz CT molecular complexity index is 551. The summed E-state index contributed by atoms with van der Waals surface area (Å²) in [6, 6.07) is 4.14. The van der Waals surface area contributed by atoms with Gasteiger partial charge in [-0.1, -0.05) is 6.42 Å². The first kappa shape index (κ1) is 11.5. The van der Waals surface area contributed by atoms with E-state index in [0.717, 1.165) is 36.5 Å². The summed E-state index contributed by atoms with van der Waals surface area (Å²) in [4.78, 5) is 0. The highest BCUT2D eigenvalue weighted by Crippen LogP contribution is 2.31. The second-order valence-electron chi connectivity index (χ2n) is 4.98. The predicted octanol–water partition coefficient (Wildman–Crippen LogP) is 1.72. The third-order valence-electron chi connectivity index (χ3n) is 3.72. The zero-order valence-electron chi connectivity index (χ0n) is 10.5. The largest absolute Gasteiger partial charge is 0.497 e. The fraction of sp³-hybridized carbons (Fsp3) is 0.538. The molecule has 0 spiro atoms. The molecule has 0 saturated heterocycles. The Morgan fingerprint density at radius 1 is 1.39 bits per heavy atom. The standard InChI is InChI=1S/C13H18N4O/c1-18-11-5-6-17-12(8-11)15-16-13(17)9-3-2-4-10(14)7-9/h5-6,8-10H,2-4,7,14H2,1H3/t9-,10+/m0/s1. The van der Waals surface area contributed by atoms with Crippen molar-refractivity contribution in [3.63, 3.8) is 0 Å². The van der Waals surface area contributed by atoms with E-state index in [1.165, 1.54) is 6.42 Å². The Morgan fingerprint density at radius 3 is 3.06 bits per heavy atom. The minimum absolute atomic E-state index is 0.300. The van der Waals surface area contributed by atoms with Crippen LogP contribution >= 0.6 is 0 Å². The molecular formula is C13H18N4O. The zero-order valence-corrected chi connectivity index (χ0v) is 10.5. The third-order valence-corrected chi connectivity index (χ3v) is 3.72. The average molecular weight is 246 g/mol. The molecule has 96 valence electrons. The number of hydrogen-bond acceptors (Lipinski definition) is 4. The van der Waals surface area contributed by atoms with Gasteiger partial charge in [-0.25, -0.2) is 0 Å². The van der Waals surface area contributed by atoms with Gasteiger partial charge in [0.1, 0.15) is 11.6 Å². The van der Waals surface area contributed by atoms with E-state index in [1.807, 2.05) is 22.7 Å². The maximum atomic E-state index is 6.04. The Balaban J connectivity index is 1.97. The van der Waals surface area contributed by atoms with E-state index >= 15 is 0 Å². The summed E-state index contributed by atoms with van der Waals surface area (Å²) in [6.07, 6.45) is 6.44.